The molecule has 2 heterocycles. The van der Waals surface area contributed by atoms with E-state index in [1.807, 2.05) is 42.1 Å². The molecule has 6 heteroatoms. The number of aromatic nitrogens is 3. The van der Waals surface area contributed by atoms with Gasteiger partial charge in [-0.25, -0.2) is 9.78 Å². The van der Waals surface area contributed by atoms with E-state index in [4.69, 9.17) is 5.11 Å². The molecule has 6 nitrogen and oxygen atoms in total. The van der Waals surface area contributed by atoms with Gasteiger partial charge >= 0.3 is 5.97 Å². The van der Waals surface area contributed by atoms with Crippen molar-refractivity contribution in [1.82, 2.24) is 14.5 Å². The van der Waals surface area contributed by atoms with E-state index < -0.39 is 11.5 Å². The maximum absolute atomic E-state index is 11.7. The number of carbonyl (C=O) groups is 1. The average Bonchev–Trinajstić information content (AvgIpc) is 2.76. The number of carboxylic acid groups (broad SMARTS) is 1. The number of hydrogen-bond acceptors (Lipinski definition) is 3. The number of hydrogen-bond donors (Lipinski definition) is 2. The Kier molecular flexibility index (Phi) is 2.64. The van der Waals surface area contributed by atoms with Crippen LogP contribution in [0.15, 0.2) is 41.5 Å². The number of aromatic amines is 1. The molecule has 0 saturated carbocycles. The molecule has 3 rings (SSSR count). The lowest BCUT2D eigenvalue weighted by Crippen LogP contribution is -2.18. The van der Waals surface area contributed by atoms with Crippen LogP contribution in [0.4, 0.5) is 0 Å². The van der Waals surface area contributed by atoms with Gasteiger partial charge < -0.3 is 14.7 Å². The standard InChI is InChI=1S/C14H11N3O3/c1-17-7-10(8-4-2-3-5-11(8)17)12-15-6-9(14(19)20)13(18)16-12/h2-7H,1H3,(H,19,20)(H,15,16,18). The van der Waals surface area contributed by atoms with Gasteiger partial charge in [-0.15, -0.1) is 0 Å². The van der Waals surface area contributed by atoms with E-state index in [0.29, 0.717) is 5.82 Å². The second kappa shape index (κ2) is 4.34. The van der Waals surface area contributed by atoms with Gasteiger partial charge in [0.25, 0.3) is 5.56 Å². The molecule has 0 spiro atoms. The van der Waals surface area contributed by atoms with Gasteiger partial charge in [-0.1, -0.05) is 18.2 Å². The van der Waals surface area contributed by atoms with Crippen molar-refractivity contribution in [3.05, 3.63) is 52.6 Å². The molecule has 2 N–H and O–H groups in total. The van der Waals surface area contributed by atoms with Gasteiger partial charge in [0.05, 0.1) is 0 Å². The SMILES string of the molecule is Cn1cc(-c2ncc(C(=O)O)c(=O)[nH]2)c2ccccc21. The van der Waals surface area contributed by atoms with Crippen LogP contribution in [-0.2, 0) is 7.05 Å². The van der Waals surface area contributed by atoms with Crippen molar-refractivity contribution in [1.29, 1.82) is 0 Å². The molecule has 100 valence electrons. The van der Waals surface area contributed by atoms with E-state index in [2.05, 4.69) is 9.97 Å². The summed E-state index contributed by atoms with van der Waals surface area (Å²) in [7, 11) is 1.90. The van der Waals surface area contributed by atoms with Crippen molar-refractivity contribution < 1.29 is 9.90 Å². The molecule has 0 aliphatic rings. The van der Waals surface area contributed by atoms with E-state index in [9.17, 15) is 9.59 Å². The Balaban J connectivity index is 2.24. The first-order valence-electron chi connectivity index (χ1n) is 5.95. The van der Waals surface area contributed by atoms with Crippen molar-refractivity contribution in [2.45, 2.75) is 0 Å². The van der Waals surface area contributed by atoms with Crippen LogP contribution in [0.3, 0.4) is 0 Å². The highest BCUT2D eigenvalue weighted by Crippen LogP contribution is 2.26. The molecule has 0 aliphatic carbocycles. The zero-order chi connectivity index (χ0) is 14.3. The zero-order valence-corrected chi connectivity index (χ0v) is 10.6. The Morgan fingerprint density at radius 1 is 1.35 bits per heavy atom. The number of rotatable bonds is 2. The fourth-order valence-electron chi connectivity index (χ4n) is 2.21. The molecule has 0 atom stereocenters. The van der Waals surface area contributed by atoms with Gasteiger partial charge in [-0.05, 0) is 6.07 Å². The second-order valence-electron chi connectivity index (χ2n) is 4.45. The third-order valence-corrected chi connectivity index (χ3v) is 3.18. The number of para-hydroxylation sites is 1. The third kappa shape index (κ3) is 1.78. The molecule has 0 fully saturated rings. The first kappa shape index (κ1) is 12.2. The molecule has 0 radical (unpaired) electrons. The molecule has 0 unspecified atom stereocenters. The minimum atomic E-state index is -1.29. The summed E-state index contributed by atoms with van der Waals surface area (Å²) in [6, 6.07) is 7.71. The van der Waals surface area contributed by atoms with Crippen LogP contribution in [0.25, 0.3) is 22.3 Å². The van der Waals surface area contributed by atoms with E-state index in [-0.39, 0.29) is 5.56 Å². The van der Waals surface area contributed by atoms with Gasteiger partial charge in [0.15, 0.2) is 0 Å². The van der Waals surface area contributed by atoms with Crippen molar-refractivity contribution in [3.8, 4) is 11.4 Å². The monoisotopic (exact) mass is 269 g/mol. The number of H-pyrrole nitrogens is 1. The lowest BCUT2D eigenvalue weighted by atomic mass is 10.1. The first-order chi connectivity index (χ1) is 9.58. The highest BCUT2D eigenvalue weighted by molar-refractivity contribution is 5.94. The van der Waals surface area contributed by atoms with E-state index in [1.165, 1.54) is 0 Å². The fourth-order valence-corrected chi connectivity index (χ4v) is 2.21. The number of nitrogens with one attached hydrogen (secondary N) is 1. The molecule has 20 heavy (non-hydrogen) atoms. The quantitative estimate of drug-likeness (QED) is 0.740. The molecule has 0 amide bonds. The predicted molar refractivity (Wildman–Crippen MR) is 73.7 cm³/mol. The Morgan fingerprint density at radius 3 is 2.80 bits per heavy atom. The van der Waals surface area contributed by atoms with Crippen LogP contribution in [0, 0.1) is 0 Å². The largest absolute Gasteiger partial charge is 0.477 e. The van der Waals surface area contributed by atoms with E-state index >= 15 is 0 Å². The summed E-state index contributed by atoms with van der Waals surface area (Å²) in [5, 5.41) is 9.78. The summed E-state index contributed by atoms with van der Waals surface area (Å²) >= 11 is 0. The lowest BCUT2D eigenvalue weighted by Gasteiger charge is -1.99. The number of nitrogens with zero attached hydrogens (tertiary/aromatic N) is 2. The number of aromatic carboxylic acids is 1. The molecule has 2 aromatic heterocycles. The van der Waals surface area contributed by atoms with Gasteiger partial charge in [-0.3, -0.25) is 4.79 Å². The summed E-state index contributed by atoms with van der Waals surface area (Å²) < 4.78 is 1.93. The smallest absolute Gasteiger partial charge is 0.342 e. The van der Waals surface area contributed by atoms with E-state index in [1.54, 1.807) is 0 Å². The van der Waals surface area contributed by atoms with Gasteiger partial charge in [0.2, 0.25) is 0 Å². The average molecular weight is 269 g/mol. The van der Waals surface area contributed by atoms with Crippen molar-refractivity contribution in [3.63, 3.8) is 0 Å². The number of carboxylic acids is 1. The Morgan fingerprint density at radius 2 is 2.10 bits per heavy atom. The van der Waals surface area contributed by atoms with Crippen molar-refractivity contribution in [2.24, 2.45) is 7.05 Å². The third-order valence-electron chi connectivity index (χ3n) is 3.18. The van der Waals surface area contributed by atoms with Crippen LogP contribution >= 0.6 is 0 Å². The maximum Gasteiger partial charge on any atom is 0.342 e. The predicted octanol–water partition coefficient (Wildman–Crippen LogP) is 1.63. The van der Waals surface area contributed by atoms with Crippen molar-refractivity contribution >= 4 is 16.9 Å². The highest BCUT2D eigenvalue weighted by atomic mass is 16.4. The van der Waals surface area contributed by atoms with Crippen LogP contribution < -0.4 is 5.56 Å². The number of fused-ring (bicyclic) bond motifs is 1. The summed E-state index contributed by atoms with van der Waals surface area (Å²) in [6.45, 7) is 0. The Hall–Kier alpha value is -2.89. The molecule has 0 saturated heterocycles. The molecule has 0 bridgehead atoms. The Labute approximate surface area is 113 Å². The van der Waals surface area contributed by atoms with Crippen molar-refractivity contribution in [2.75, 3.05) is 0 Å². The fraction of sp³-hybridized carbons (Fsp3) is 0.0714. The van der Waals surface area contributed by atoms with Gasteiger partial charge in [0, 0.05) is 35.9 Å². The maximum atomic E-state index is 11.7. The van der Waals surface area contributed by atoms with Crippen LogP contribution in [0.5, 0.6) is 0 Å². The number of aryl methyl sites for hydroxylation is 1. The second-order valence-corrected chi connectivity index (χ2v) is 4.45. The minimum absolute atomic E-state index is 0.358. The summed E-state index contributed by atoms with van der Waals surface area (Å²) in [6.07, 6.45) is 2.93. The zero-order valence-electron chi connectivity index (χ0n) is 10.6. The van der Waals surface area contributed by atoms with Crippen LogP contribution in [0.2, 0.25) is 0 Å². The highest BCUT2D eigenvalue weighted by Gasteiger charge is 2.13. The number of benzene rings is 1. The summed E-state index contributed by atoms with van der Waals surface area (Å²) in [5.41, 5.74) is 0.744. The molecule has 3 aromatic rings. The summed E-state index contributed by atoms with van der Waals surface area (Å²) in [4.78, 5) is 29.1. The molecule has 1 aromatic carbocycles. The van der Waals surface area contributed by atoms with E-state index in [0.717, 1.165) is 22.7 Å². The summed E-state index contributed by atoms with van der Waals surface area (Å²) in [5.74, 6) is -0.931. The minimum Gasteiger partial charge on any atom is -0.477 e. The molecular weight excluding hydrogens is 258 g/mol. The molecular formula is C14H11N3O3. The van der Waals surface area contributed by atoms with Gasteiger partial charge in [-0.2, -0.15) is 0 Å². The van der Waals surface area contributed by atoms with Crippen LogP contribution in [-0.4, -0.2) is 25.6 Å². The van der Waals surface area contributed by atoms with Gasteiger partial charge in [0.1, 0.15) is 11.4 Å². The van der Waals surface area contributed by atoms with Crippen LogP contribution in [0.1, 0.15) is 10.4 Å². The topological polar surface area (TPSA) is 88.0 Å². The normalized spacial score (nSPS) is 10.8. The molecule has 0 aliphatic heterocycles. The lowest BCUT2D eigenvalue weighted by molar-refractivity contribution is 0.0694. The first-order valence-corrected chi connectivity index (χ1v) is 5.95. The Bertz CT molecular complexity index is 877.